The van der Waals surface area contributed by atoms with Gasteiger partial charge in [0.15, 0.2) is 11.8 Å². The summed E-state index contributed by atoms with van der Waals surface area (Å²) in [5.74, 6) is 1.60. The Balaban J connectivity index is 2.28. The van der Waals surface area contributed by atoms with Crippen LogP contribution in [0.3, 0.4) is 0 Å². The fourth-order valence-electron chi connectivity index (χ4n) is 0.946. The van der Waals surface area contributed by atoms with Crippen LogP contribution in [0.1, 0.15) is 11.7 Å². The summed E-state index contributed by atoms with van der Waals surface area (Å²) in [6.45, 7) is 6.46. The molecule has 82 valence electrons. The van der Waals surface area contributed by atoms with E-state index < -0.39 is 0 Å². The van der Waals surface area contributed by atoms with E-state index in [0.29, 0.717) is 37.2 Å². The Hall–Kier alpha value is -1.85. The Morgan fingerprint density at radius 3 is 3.13 bits per heavy atom. The third-order valence-electron chi connectivity index (χ3n) is 1.60. The second-order valence-corrected chi connectivity index (χ2v) is 2.92. The van der Waals surface area contributed by atoms with Crippen LogP contribution in [0.4, 0.5) is 0 Å². The van der Waals surface area contributed by atoms with Gasteiger partial charge in [-0.25, -0.2) is 0 Å². The lowest BCUT2D eigenvalue weighted by Crippen LogP contribution is -2.31. The molecule has 0 aliphatic rings. The summed E-state index contributed by atoms with van der Waals surface area (Å²) in [4.78, 5) is 8.12. The van der Waals surface area contributed by atoms with Gasteiger partial charge in [0.1, 0.15) is 0 Å². The van der Waals surface area contributed by atoms with Gasteiger partial charge in [0.25, 0.3) is 0 Å². The average Bonchev–Trinajstić information content (AvgIpc) is 2.61. The molecular formula is C9H15N5O. The molecule has 0 radical (unpaired) electrons. The number of nitrogens with one attached hydrogen (secondary N) is 1. The van der Waals surface area contributed by atoms with Crippen LogP contribution >= 0.6 is 0 Å². The van der Waals surface area contributed by atoms with Crippen molar-refractivity contribution < 1.29 is 4.52 Å². The molecule has 0 atom stereocenters. The molecular weight excluding hydrogens is 194 g/mol. The van der Waals surface area contributed by atoms with E-state index in [0.717, 1.165) is 0 Å². The quantitative estimate of drug-likeness (QED) is 0.405. The van der Waals surface area contributed by atoms with Crippen LogP contribution < -0.4 is 11.1 Å². The minimum atomic E-state index is 0.395. The third-order valence-corrected chi connectivity index (χ3v) is 1.60. The van der Waals surface area contributed by atoms with Crippen LogP contribution in [-0.4, -0.2) is 29.2 Å². The van der Waals surface area contributed by atoms with Crippen molar-refractivity contribution in [3.8, 4) is 0 Å². The molecule has 0 saturated heterocycles. The van der Waals surface area contributed by atoms with Gasteiger partial charge in [0.2, 0.25) is 5.89 Å². The summed E-state index contributed by atoms with van der Waals surface area (Å²) in [7, 11) is 0. The van der Waals surface area contributed by atoms with Crippen LogP contribution in [0, 0.1) is 6.92 Å². The lowest BCUT2D eigenvalue weighted by atomic mass is 10.4. The van der Waals surface area contributed by atoms with E-state index in [1.807, 2.05) is 0 Å². The second-order valence-electron chi connectivity index (χ2n) is 2.92. The van der Waals surface area contributed by atoms with E-state index in [9.17, 15) is 0 Å². The zero-order chi connectivity index (χ0) is 11.1. The first kappa shape index (κ1) is 11.2. The number of aromatic nitrogens is 2. The van der Waals surface area contributed by atoms with Gasteiger partial charge in [-0.1, -0.05) is 11.2 Å². The summed E-state index contributed by atoms with van der Waals surface area (Å²) < 4.78 is 4.92. The molecule has 3 N–H and O–H groups in total. The SMILES string of the molecule is C=CCNC(N)=NCCc1nc(C)no1. The normalized spacial score (nSPS) is 11.4. The van der Waals surface area contributed by atoms with Crippen molar-refractivity contribution >= 4 is 5.96 Å². The van der Waals surface area contributed by atoms with Gasteiger partial charge in [-0.3, -0.25) is 4.99 Å². The number of aryl methyl sites for hydroxylation is 1. The highest BCUT2D eigenvalue weighted by molar-refractivity contribution is 5.77. The summed E-state index contributed by atoms with van der Waals surface area (Å²) in [6, 6.07) is 0. The summed E-state index contributed by atoms with van der Waals surface area (Å²) in [5.41, 5.74) is 5.55. The van der Waals surface area contributed by atoms with Crippen molar-refractivity contribution in [2.24, 2.45) is 10.7 Å². The van der Waals surface area contributed by atoms with Crippen molar-refractivity contribution in [2.45, 2.75) is 13.3 Å². The van der Waals surface area contributed by atoms with Crippen molar-refractivity contribution in [1.29, 1.82) is 0 Å². The molecule has 1 aromatic heterocycles. The van der Waals surface area contributed by atoms with Crippen LogP contribution in [0.2, 0.25) is 0 Å². The minimum Gasteiger partial charge on any atom is -0.370 e. The van der Waals surface area contributed by atoms with Crippen molar-refractivity contribution in [2.75, 3.05) is 13.1 Å². The third kappa shape index (κ3) is 4.26. The molecule has 0 bridgehead atoms. The molecule has 1 heterocycles. The summed E-state index contributed by atoms with van der Waals surface area (Å²) in [6.07, 6.45) is 2.31. The van der Waals surface area contributed by atoms with Crippen molar-refractivity contribution in [3.05, 3.63) is 24.4 Å². The van der Waals surface area contributed by atoms with Crippen LogP contribution in [-0.2, 0) is 6.42 Å². The highest BCUT2D eigenvalue weighted by atomic mass is 16.5. The van der Waals surface area contributed by atoms with Crippen LogP contribution in [0.15, 0.2) is 22.2 Å². The molecule has 6 heteroatoms. The maximum absolute atomic E-state index is 5.55. The van der Waals surface area contributed by atoms with E-state index in [1.54, 1.807) is 13.0 Å². The Morgan fingerprint density at radius 1 is 1.73 bits per heavy atom. The number of hydrogen-bond acceptors (Lipinski definition) is 4. The first-order chi connectivity index (χ1) is 7.22. The van der Waals surface area contributed by atoms with E-state index in [1.165, 1.54) is 0 Å². The van der Waals surface area contributed by atoms with E-state index in [2.05, 4.69) is 27.0 Å². The molecule has 1 aromatic rings. The number of nitrogens with two attached hydrogens (primary N) is 1. The van der Waals surface area contributed by atoms with E-state index in [-0.39, 0.29) is 0 Å². The predicted octanol–water partition coefficient (Wildman–Crippen LogP) is 0.0108. The standard InChI is InChI=1S/C9H15N5O/c1-3-5-11-9(10)12-6-4-8-13-7(2)14-15-8/h3H,1,4-6H2,2H3,(H3,10,11,12). The second kappa shape index (κ2) is 5.79. The highest BCUT2D eigenvalue weighted by Gasteiger charge is 2.00. The number of hydrogen-bond donors (Lipinski definition) is 2. The van der Waals surface area contributed by atoms with Gasteiger partial charge >= 0.3 is 0 Å². The van der Waals surface area contributed by atoms with Gasteiger partial charge < -0.3 is 15.6 Å². The zero-order valence-electron chi connectivity index (χ0n) is 8.73. The number of rotatable bonds is 5. The maximum Gasteiger partial charge on any atom is 0.228 e. The van der Waals surface area contributed by atoms with Gasteiger partial charge in [0, 0.05) is 13.0 Å². The topological polar surface area (TPSA) is 89.3 Å². The van der Waals surface area contributed by atoms with Crippen LogP contribution in [0.25, 0.3) is 0 Å². The lowest BCUT2D eigenvalue weighted by molar-refractivity contribution is 0.376. The van der Waals surface area contributed by atoms with Gasteiger partial charge in [-0.15, -0.1) is 6.58 Å². The summed E-state index contributed by atoms with van der Waals surface area (Å²) in [5, 5.41) is 6.54. The van der Waals surface area contributed by atoms with E-state index >= 15 is 0 Å². The van der Waals surface area contributed by atoms with Crippen LogP contribution in [0.5, 0.6) is 0 Å². The summed E-state index contributed by atoms with van der Waals surface area (Å²) >= 11 is 0. The smallest absolute Gasteiger partial charge is 0.228 e. The zero-order valence-corrected chi connectivity index (χ0v) is 8.73. The molecule has 0 saturated carbocycles. The van der Waals surface area contributed by atoms with Gasteiger partial charge in [-0.2, -0.15) is 4.98 Å². The molecule has 0 spiro atoms. The molecule has 15 heavy (non-hydrogen) atoms. The monoisotopic (exact) mass is 209 g/mol. The fourth-order valence-corrected chi connectivity index (χ4v) is 0.946. The molecule has 0 fully saturated rings. The number of nitrogens with zero attached hydrogens (tertiary/aromatic N) is 3. The Labute approximate surface area is 88.3 Å². The number of guanidine groups is 1. The molecule has 0 unspecified atom stereocenters. The largest absolute Gasteiger partial charge is 0.370 e. The van der Waals surface area contributed by atoms with E-state index in [4.69, 9.17) is 10.3 Å². The molecule has 0 aliphatic heterocycles. The predicted molar refractivity (Wildman–Crippen MR) is 57.4 cm³/mol. The fraction of sp³-hybridized carbons (Fsp3) is 0.444. The first-order valence-electron chi connectivity index (χ1n) is 4.66. The number of aliphatic imine (C=N–C) groups is 1. The minimum absolute atomic E-state index is 0.395. The molecule has 0 aliphatic carbocycles. The Kier molecular flexibility index (Phi) is 4.33. The Bertz CT molecular complexity index is 344. The maximum atomic E-state index is 5.55. The first-order valence-corrected chi connectivity index (χ1v) is 4.66. The average molecular weight is 209 g/mol. The highest BCUT2D eigenvalue weighted by Crippen LogP contribution is 1.96. The van der Waals surface area contributed by atoms with Crippen molar-refractivity contribution in [3.63, 3.8) is 0 Å². The van der Waals surface area contributed by atoms with Gasteiger partial charge in [-0.05, 0) is 6.92 Å². The van der Waals surface area contributed by atoms with Crippen molar-refractivity contribution in [1.82, 2.24) is 15.5 Å². The molecule has 6 nitrogen and oxygen atoms in total. The molecule has 1 rings (SSSR count). The Morgan fingerprint density at radius 2 is 2.53 bits per heavy atom. The molecule has 0 amide bonds. The van der Waals surface area contributed by atoms with Gasteiger partial charge in [0.05, 0.1) is 6.54 Å². The lowest BCUT2D eigenvalue weighted by Gasteiger charge is -2.00. The molecule has 0 aromatic carbocycles.